The molecule has 1 saturated heterocycles. The van der Waals surface area contributed by atoms with Crippen LogP contribution in [-0.4, -0.2) is 92.7 Å². The molecule has 1 amide bonds. The number of carbonyl (C=O) groups is 3. The number of nitrogens with zero attached hydrogens (tertiary/aromatic N) is 2. The fraction of sp³-hybridized carbons (Fsp3) is 0.519. The van der Waals surface area contributed by atoms with Gasteiger partial charge in [0.25, 0.3) is 5.91 Å². The van der Waals surface area contributed by atoms with Crippen LogP contribution in [0, 0.1) is 11.8 Å². The molecule has 0 radical (unpaired) electrons. The van der Waals surface area contributed by atoms with Crippen molar-refractivity contribution in [1.29, 1.82) is 0 Å². The summed E-state index contributed by atoms with van der Waals surface area (Å²) in [4.78, 5) is 41.8. The lowest BCUT2D eigenvalue weighted by molar-refractivity contribution is -0.153. The van der Waals surface area contributed by atoms with Crippen LogP contribution in [0.4, 0.5) is 17.6 Å². The molecule has 1 saturated carbocycles. The van der Waals surface area contributed by atoms with Crippen molar-refractivity contribution in [2.45, 2.75) is 49.8 Å². The molecule has 0 spiro atoms. The number of alkyl halides is 4. The predicted molar refractivity (Wildman–Crippen MR) is 134 cm³/mol. The molecular weight excluding hydrogens is 554 g/mol. The molecule has 0 unspecified atom stereocenters. The average Bonchev–Trinajstić information content (AvgIpc) is 3.24. The summed E-state index contributed by atoms with van der Waals surface area (Å²) in [6.45, 7) is -0.176. The first kappa shape index (κ1) is 29.0. The number of aliphatic hydroxyl groups excluding tert-OH is 2. The molecule has 5 atom stereocenters. The summed E-state index contributed by atoms with van der Waals surface area (Å²) in [6, 6.07) is -0.544. The molecule has 0 bridgehead atoms. The Bertz CT molecular complexity index is 1440. The molecular formula is C27H29F4N3O7. The van der Waals surface area contributed by atoms with Crippen LogP contribution in [0.1, 0.15) is 35.1 Å². The van der Waals surface area contributed by atoms with E-state index < -0.39 is 105 Å². The van der Waals surface area contributed by atoms with Crippen molar-refractivity contribution in [3.8, 4) is 5.75 Å². The maximum Gasteiger partial charge on any atom is 0.417 e. The molecule has 2 fully saturated rings. The van der Waals surface area contributed by atoms with Crippen LogP contribution in [0.25, 0.3) is 5.76 Å². The average molecular weight is 584 g/mol. The van der Waals surface area contributed by atoms with Crippen molar-refractivity contribution in [2.75, 3.05) is 27.2 Å². The molecule has 0 aromatic heterocycles. The van der Waals surface area contributed by atoms with Gasteiger partial charge in [-0.05, 0) is 56.5 Å². The van der Waals surface area contributed by atoms with E-state index in [9.17, 15) is 52.4 Å². The first-order valence-electron chi connectivity index (χ1n) is 13.0. The van der Waals surface area contributed by atoms with Crippen LogP contribution in [-0.2, 0) is 33.5 Å². The van der Waals surface area contributed by atoms with Gasteiger partial charge in [0, 0.05) is 31.1 Å². The van der Waals surface area contributed by atoms with Gasteiger partial charge in [0.15, 0.2) is 11.4 Å². The van der Waals surface area contributed by atoms with E-state index in [1.807, 2.05) is 0 Å². The zero-order valence-corrected chi connectivity index (χ0v) is 22.1. The maximum atomic E-state index is 14.6. The molecule has 1 aromatic rings. The second-order valence-corrected chi connectivity index (χ2v) is 11.4. The van der Waals surface area contributed by atoms with Gasteiger partial charge < -0.3 is 26.2 Å². The third-order valence-corrected chi connectivity index (χ3v) is 8.70. The fourth-order valence-corrected chi connectivity index (χ4v) is 7.03. The van der Waals surface area contributed by atoms with Gasteiger partial charge in [-0.3, -0.25) is 24.2 Å². The van der Waals surface area contributed by atoms with Gasteiger partial charge in [0.2, 0.25) is 5.78 Å². The highest BCUT2D eigenvalue weighted by molar-refractivity contribution is 6.24. The molecule has 1 aromatic carbocycles. The van der Waals surface area contributed by atoms with E-state index in [4.69, 9.17) is 5.73 Å². The Morgan fingerprint density at radius 2 is 1.88 bits per heavy atom. The number of rotatable bonds is 4. The van der Waals surface area contributed by atoms with Crippen LogP contribution in [0.3, 0.4) is 0 Å². The summed E-state index contributed by atoms with van der Waals surface area (Å²) in [6.07, 6.45) is -6.84. The van der Waals surface area contributed by atoms with Gasteiger partial charge in [0.05, 0.1) is 17.2 Å². The maximum absolute atomic E-state index is 14.6. The molecule has 1 aliphatic heterocycles. The second kappa shape index (κ2) is 9.53. The van der Waals surface area contributed by atoms with Gasteiger partial charge in [0.1, 0.15) is 29.0 Å². The number of benzene rings is 1. The number of hydrogen-bond acceptors (Lipinski definition) is 9. The Morgan fingerprint density at radius 1 is 1.22 bits per heavy atom. The highest BCUT2D eigenvalue weighted by Crippen LogP contribution is 2.54. The standard InChI is InChI=1S/C27H29F4N3O7/c1-33(2)20-14-6-10-5-13-17(15(35)7-11(19(13)27(29,30)31)8-34-4-3-12(28)9-34)21(36)16(10)23(38)26(14,41)24(39)18(22(20)37)25(32)40/h7,10,12,14,20,35-36,39,41H,3-6,8-9H2,1-2H3,(H2,32,40)/t10-,12-,14-,20-,26-/m0/s1. The van der Waals surface area contributed by atoms with E-state index >= 15 is 0 Å². The number of Topliss-reactive ketones (excluding diaryl/α,β-unsaturated/α-hetero) is 2. The number of carbonyl (C=O) groups excluding carboxylic acids is 3. The minimum Gasteiger partial charge on any atom is -0.508 e. The molecule has 6 N–H and O–H groups in total. The van der Waals surface area contributed by atoms with E-state index in [0.29, 0.717) is 0 Å². The van der Waals surface area contributed by atoms with E-state index in [1.165, 1.54) is 23.9 Å². The Morgan fingerprint density at radius 3 is 2.41 bits per heavy atom. The van der Waals surface area contributed by atoms with Crippen molar-refractivity contribution in [1.82, 2.24) is 9.80 Å². The zero-order valence-electron chi connectivity index (χ0n) is 22.1. The number of ketones is 2. The van der Waals surface area contributed by atoms with Crippen LogP contribution >= 0.6 is 0 Å². The fourth-order valence-electron chi connectivity index (χ4n) is 7.03. The monoisotopic (exact) mass is 583 g/mol. The molecule has 41 heavy (non-hydrogen) atoms. The van der Waals surface area contributed by atoms with Crippen molar-refractivity contribution >= 4 is 23.2 Å². The number of likely N-dealkylation sites (N-methyl/N-ethyl adjacent to an activating group) is 1. The molecule has 5 rings (SSSR count). The molecule has 3 aliphatic carbocycles. The number of amides is 1. The van der Waals surface area contributed by atoms with E-state index in [2.05, 4.69) is 0 Å². The van der Waals surface area contributed by atoms with Gasteiger partial charge in [-0.1, -0.05) is 0 Å². The molecule has 10 nitrogen and oxygen atoms in total. The number of hydrogen-bond donors (Lipinski definition) is 5. The number of nitrogens with two attached hydrogens (primary N) is 1. The van der Waals surface area contributed by atoms with Crippen molar-refractivity contribution in [2.24, 2.45) is 17.6 Å². The summed E-state index contributed by atoms with van der Waals surface area (Å²) >= 11 is 0. The normalized spacial score (nSPS) is 30.5. The number of halogens is 4. The van der Waals surface area contributed by atoms with Gasteiger partial charge in [-0.15, -0.1) is 0 Å². The summed E-state index contributed by atoms with van der Waals surface area (Å²) in [5.41, 5.74) is -1.75. The number of likely N-dealkylation sites (tertiary alicyclic amines) is 1. The predicted octanol–water partition coefficient (Wildman–Crippen LogP) is 1.53. The SMILES string of the molecule is CN(C)[C@@H]1C(=O)C(C(N)=O)=C(O)[C@@]2(O)C(=O)C3=C(O)c4c(O)cc(CN5CC[C@H](F)C5)c(C(F)(F)F)c4C[C@H]3C[C@@H]12. The Balaban J connectivity index is 1.71. The summed E-state index contributed by atoms with van der Waals surface area (Å²) in [5.74, 6) is -9.32. The quantitative estimate of drug-likeness (QED) is 0.261. The number of aromatic hydroxyl groups is 1. The highest BCUT2D eigenvalue weighted by Gasteiger charge is 2.64. The molecule has 222 valence electrons. The first-order valence-corrected chi connectivity index (χ1v) is 13.0. The lowest BCUT2D eigenvalue weighted by Gasteiger charge is -2.50. The molecule has 14 heteroatoms. The largest absolute Gasteiger partial charge is 0.508 e. The van der Waals surface area contributed by atoms with Crippen LogP contribution in [0.5, 0.6) is 5.75 Å². The van der Waals surface area contributed by atoms with Crippen LogP contribution < -0.4 is 5.73 Å². The minimum absolute atomic E-state index is 0.0773. The number of phenols is 1. The Kier molecular flexibility index (Phi) is 6.74. The number of phenolic OH excluding ortho intramolecular Hbond substituents is 1. The van der Waals surface area contributed by atoms with Crippen molar-refractivity contribution in [3.63, 3.8) is 0 Å². The smallest absolute Gasteiger partial charge is 0.417 e. The Hall–Kier alpha value is -3.49. The number of aliphatic hydroxyl groups is 3. The molecule has 1 heterocycles. The van der Waals surface area contributed by atoms with Gasteiger partial charge in [-0.2, -0.15) is 13.2 Å². The van der Waals surface area contributed by atoms with E-state index in [-0.39, 0.29) is 38.0 Å². The van der Waals surface area contributed by atoms with E-state index in [1.54, 1.807) is 0 Å². The van der Waals surface area contributed by atoms with Gasteiger partial charge in [-0.25, -0.2) is 4.39 Å². The zero-order chi connectivity index (χ0) is 30.3. The highest BCUT2D eigenvalue weighted by atomic mass is 19.4. The summed E-state index contributed by atoms with van der Waals surface area (Å²) < 4.78 is 57.4. The summed E-state index contributed by atoms with van der Waals surface area (Å²) in [5, 5.41) is 44.4. The number of primary amides is 1. The summed E-state index contributed by atoms with van der Waals surface area (Å²) in [7, 11) is 2.83. The Labute approximate surface area is 231 Å². The van der Waals surface area contributed by atoms with Crippen LogP contribution in [0.15, 0.2) is 23.0 Å². The third kappa shape index (κ3) is 4.22. The van der Waals surface area contributed by atoms with Crippen molar-refractivity contribution in [3.05, 3.63) is 45.2 Å². The second-order valence-electron chi connectivity index (χ2n) is 11.4. The third-order valence-electron chi connectivity index (χ3n) is 8.70. The van der Waals surface area contributed by atoms with Crippen LogP contribution in [0.2, 0.25) is 0 Å². The van der Waals surface area contributed by atoms with E-state index in [0.717, 1.165) is 6.07 Å². The topological polar surface area (TPSA) is 165 Å². The van der Waals surface area contributed by atoms with Gasteiger partial charge >= 0.3 is 6.18 Å². The number of fused-ring (bicyclic) bond motifs is 3. The van der Waals surface area contributed by atoms with Crippen molar-refractivity contribution < 1.29 is 52.4 Å². The first-order chi connectivity index (χ1) is 19.0. The lowest BCUT2D eigenvalue weighted by Crippen LogP contribution is -2.65. The lowest BCUT2D eigenvalue weighted by atomic mass is 9.57. The molecule has 4 aliphatic rings. The minimum atomic E-state index is -4.95.